The van der Waals surface area contributed by atoms with E-state index in [1.54, 1.807) is 0 Å². The van der Waals surface area contributed by atoms with Gasteiger partial charge in [0.15, 0.2) is 0 Å². The minimum atomic E-state index is 0.0340. The van der Waals surface area contributed by atoms with E-state index in [1.165, 1.54) is 33.4 Å². The minimum Gasteiger partial charge on any atom is -0.491 e. The van der Waals surface area contributed by atoms with Gasteiger partial charge in [0.05, 0.1) is 6.61 Å². The Balaban J connectivity index is 1.81. The molecule has 0 saturated heterocycles. The molecule has 138 valence electrons. The van der Waals surface area contributed by atoms with Crippen LogP contribution in [0.4, 0.5) is 0 Å². The van der Waals surface area contributed by atoms with E-state index in [0.717, 1.165) is 12.2 Å². The number of benzene rings is 3. The summed E-state index contributed by atoms with van der Waals surface area (Å²) in [4.78, 5) is 0. The Morgan fingerprint density at radius 3 is 2.11 bits per heavy atom. The highest BCUT2D eigenvalue weighted by molar-refractivity contribution is 5.80. The van der Waals surface area contributed by atoms with Gasteiger partial charge in [0, 0.05) is 5.92 Å². The van der Waals surface area contributed by atoms with Gasteiger partial charge in [-0.2, -0.15) is 0 Å². The lowest BCUT2D eigenvalue weighted by atomic mass is 9.87. The fraction of sp³-hybridized carbons (Fsp3) is 0.280. The van der Waals surface area contributed by atoms with Gasteiger partial charge in [-0.05, 0) is 51.8 Å². The molecule has 2 nitrogen and oxygen atoms in total. The van der Waals surface area contributed by atoms with Gasteiger partial charge < -0.3 is 9.84 Å². The Labute approximate surface area is 161 Å². The molecule has 0 spiro atoms. The minimum absolute atomic E-state index is 0.0340. The fourth-order valence-corrected chi connectivity index (χ4v) is 4.19. The zero-order valence-corrected chi connectivity index (χ0v) is 16.0. The van der Waals surface area contributed by atoms with Crippen LogP contribution in [0.25, 0.3) is 11.1 Å². The van der Waals surface area contributed by atoms with Gasteiger partial charge in [-0.15, -0.1) is 0 Å². The number of fused-ring (bicyclic) bond motifs is 3. The number of aliphatic hydroxyl groups is 1. The Morgan fingerprint density at radius 2 is 1.52 bits per heavy atom. The molecule has 0 radical (unpaired) electrons. The molecule has 0 aromatic heterocycles. The number of aliphatic hydroxyl groups excluding tert-OH is 1. The Kier molecular flexibility index (Phi) is 5.00. The highest BCUT2D eigenvalue weighted by Crippen LogP contribution is 2.48. The first-order valence-corrected chi connectivity index (χ1v) is 9.73. The largest absolute Gasteiger partial charge is 0.491 e. The molecule has 0 atom stereocenters. The Hall–Kier alpha value is -2.58. The maximum atomic E-state index is 9.12. The van der Waals surface area contributed by atoms with E-state index in [9.17, 15) is 0 Å². The average Bonchev–Trinajstić information content (AvgIpc) is 3.01. The quantitative estimate of drug-likeness (QED) is 0.499. The normalized spacial score (nSPS) is 12.9. The van der Waals surface area contributed by atoms with Crippen molar-refractivity contribution in [1.82, 2.24) is 0 Å². The first-order valence-electron chi connectivity index (χ1n) is 9.73. The zero-order chi connectivity index (χ0) is 18.8. The second kappa shape index (κ2) is 7.58. The van der Waals surface area contributed by atoms with Crippen molar-refractivity contribution in [2.24, 2.45) is 5.92 Å². The van der Waals surface area contributed by atoms with Crippen molar-refractivity contribution in [3.8, 4) is 16.9 Å². The van der Waals surface area contributed by atoms with E-state index in [1.807, 2.05) is 0 Å². The summed E-state index contributed by atoms with van der Waals surface area (Å²) in [7, 11) is 0. The standard InChI is InChI=1S/C25H26O2/c1-17(2)15-19-16-18(11-12-24(19)27-14-13-26)25-22-9-5-3-7-20(22)21-8-4-6-10-23(21)25/h3-12,16-17,25-26H,13-15H2,1-2H3. The molecule has 0 saturated carbocycles. The third kappa shape index (κ3) is 3.38. The molecule has 0 heterocycles. The van der Waals surface area contributed by atoms with Crippen LogP contribution in [0.3, 0.4) is 0 Å². The number of hydrogen-bond acceptors (Lipinski definition) is 2. The van der Waals surface area contributed by atoms with Crippen molar-refractivity contribution in [1.29, 1.82) is 0 Å². The van der Waals surface area contributed by atoms with Gasteiger partial charge in [-0.3, -0.25) is 0 Å². The van der Waals surface area contributed by atoms with Crippen LogP contribution in [0.1, 0.15) is 42.0 Å². The smallest absolute Gasteiger partial charge is 0.122 e. The lowest BCUT2D eigenvalue weighted by Gasteiger charge is -2.19. The summed E-state index contributed by atoms with van der Waals surface area (Å²) in [6.07, 6.45) is 0.963. The van der Waals surface area contributed by atoms with Crippen LogP contribution in [-0.2, 0) is 6.42 Å². The van der Waals surface area contributed by atoms with Crippen molar-refractivity contribution < 1.29 is 9.84 Å². The predicted molar refractivity (Wildman–Crippen MR) is 110 cm³/mol. The van der Waals surface area contributed by atoms with Gasteiger partial charge in [0.25, 0.3) is 0 Å². The second-order valence-electron chi connectivity index (χ2n) is 7.64. The summed E-state index contributed by atoms with van der Waals surface area (Å²) in [6.45, 7) is 4.82. The molecule has 0 aliphatic heterocycles. The molecular formula is C25H26O2. The molecule has 1 N–H and O–H groups in total. The SMILES string of the molecule is CC(C)Cc1cc(C2c3ccccc3-c3ccccc32)ccc1OCCO. The summed E-state index contributed by atoms with van der Waals surface area (Å²) >= 11 is 0. The average molecular weight is 358 g/mol. The first kappa shape index (κ1) is 17.8. The fourth-order valence-electron chi connectivity index (χ4n) is 4.19. The van der Waals surface area contributed by atoms with Crippen molar-refractivity contribution in [2.75, 3.05) is 13.2 Å². The molecule has 4 rings (SSSR count). The molecular weight excluding hydrogens is 332 g/mol. The van der Waals surface area contributed by atoms with Crippen LogP contribution in [0.2, 0.25) is 0 Å². The maximum Gasteiger partial charge on any atom is 0.122 e. The van der Waals surface area contributed by atoms with Crippen LogP contribution in [0, 0.1) is 5.92 Å². The Morgan fingerprint density at radius 1 is 0.889 bits per heavy atom. The van der Waals surface area contributed by atoms with Gasteiger partial charge in [-0.1, -0.05) is 74.5 Å². The number of ether oxygens (including phenoxy) is 1. The highest BCUT2D eigenvalue weighted by atomic mass is 16.5. The zero-order valence-electron chi connectivity index (χ0n) is 16.0. The van der Waals surface area contributed by atoms with E-state index < -0.39 is 0 Å². The van der Waals surface area contributed by atoms with E-state index in [4.69, 9.17) is 9.84 Å². The van der Waals surface area contributed by atoms with Crippen LogP contribution in [0.5, 0.6) is 5.75 Å². The van der Waals surface area contributed by atoms with Crippen molar-refractivity contribution in [2.45, 2.75) is 26.2 Å². The molecule has 0 fully saturated rings. The highest BCUT2D eigenvalue weighted by Gasteiger charge is 2.29. The molecule has 3 aromatic carbocycles. The maximum absolute atomic E-state index is 9.12. The van der Waals surface area contributed by atoms with Crippen LogP contribution >= 0.6 is 0 Å². The summed E-state index contributed by atoms with van der Waals surface area (Å²) in [5.74, 6) is 1.69. The summed E-state index contributed by atoms with van der Waals surface area (Å²) in [5, 5.41) is 9.12. The lowest BCUT2D eigenvalue weighted by Crippen LogP contribution is -2.07. The van der Waals surface area contributed by atoms with Gasteiger partial charge in [0.2, 0.25) is 0 Å². The van der Waals surface area contributed by atoms with E-state index in [-0.39, 0.29) is 12.5 Å². The summed E-state index contributed by atoms with van der Waals surface area (Å²) < 4.78 is 5.79. The van der Waals surface area contributed by atoms with Gasteiger partial charge in [0.1, 0.15) is 12.4 Å². The van der Waals surface area contributed by atoms with E-state index in [2.05, 4.69) is 80.6 Å². The molecule has 2 heteroatoms. The molecule has 0 amide bonds. The van der Waals surface area contributed by atoms with Crippen molar-refractivity contribution >= 4 is 0 Å². The first-order chi connectivity index (χ1) is 13.2. The van der Waals surface area contributed by atoms with Crippen LogP contribution < -0.4 is 4.74 Å². The number of rotatable bonds is 6. The van der Waals surface area contributed by atoms with E-state index >= 15 is 0 Å². The molecule has 27 heavy (non-hydrogen) atoms. The lowest BCUT2D eigenvalue weighted by molar-refractivity contribution is 0.200. The summed E-state index contributed by atoms with van der Waals surface area (Å²) in [6, 6.07) is 24.0. The number of hydrogen-bond donors (Lipinski definition) is 1. The molecule has 1 aliphatic rings. The van der Waals surface area contributed by atoms with Crippen LogP contribution in [-0.4, -0.2) is 18.3 Å². The van der Waals surface area contributed by atoms with Gasteiger partial charge in [-0.25, -0.2) is 0 Å². The Bertz CT molecular complexity index is 897. The summed E-state index contributed by atoms with van der Waals surface area (Å²) in [5.41, 5.74) is 7.95. The molecule has 0 bridgehead atoms. The predicted octanol–water partition coefficient (Wildman–Crippen LogP) is 5.42. The monoisotopic (exact) mass is 358 g/mol. The molecule has 0 unspecified atom stereocenters. The van der Waals surface area contributed by atoms with E-state index in [0.29, 0.717) is 12.5 Å². The third-order valence-corrected chi connectivity index (χ3v) is 5.23. The van der Waals surface area contributed by atoms with Crippen LogP contribution in [0.15, 0.2) is 66.7 Å². The second-order valence-corrected chi connectivity index (χ2v) is 7.64. The third-order valence-electron chi connectivity index (χ3n) is 5.23. The molecule has 1 aliphatic carbocycles. The van der Waals surface area contributed by atoms with Crippen molar-refractivity contribution in [3.63, 3.8) is 0 Å². The molecule has 3 aromatic rings. The van der Waals surface area contributed by atoms with Crippen molar-refractivity contribution in [3.05, 3.63) is 89.0 Å². The van der Waals surface area contributed by atoms with Gasteiger partial charge >= 0.3 is 0 Å². The topological polar surface area (TPSA) is 29.5 Å².